The molecule has 1 aliphatic carbocycles. The van der Waals surface area contributed by atoms with Gasteiger partial charge in [-0.3, -0.25) is 4.79 Å². The third-order valence-electron chi connectivity index (χ3n) is 2.48. The smallest absolute Gasteiger partial charge is 0.334 e. The summed E-state index contributed by atoms with van der Waals surface area (Å²) in [4.78, 5) is 21.4. The number of carboxylic acids is 1. The fraction of sp³-hybridized carbons (Fsp3) is 0.778. The number of rotatable bonds is 5. The zero-order valence-corrected chi connectivity index (χ0v) is 7.90. The number of carbonyl (C=O) groups excluding carboxylic acids is 1. The first-order valence-corrected chi connectivity index (χ1v) is 4.77. The minimum absolute atomic E-state index is 0.171. The van der Waals surface area contributed by atoms with Crippen LogP contribution in [0.1, 0.15) is 25.7 Å². The van der Waals surface area contributed by atoms with Crippen LogP contribution in [0, 0.1) is 5.92 Å². The lowest BCUT2D eigenvalue weighted by atomic mass is 9.83. The zero-order chi connectivity index (χ0) is 10.6. The van der Waals surface area contributed by atoms with Crippen LogP contribution in [-0.2, 0) is 9.59 Å². The summed E-state index contributed by atoms with van der Waals surface area (Å²) in [6.45, 7) is -0.207. The molecule has 3 N–H and O–H groups in total. The van der Waals surface area contributed by atoms with Gasteiger partial charge >= 0.3 is 5.97 Å². The molecule has 1 saturated carbocycles. The Morgan fingerprint density at radius 1 is 1.43 bits per heavy atom. The van der Waals surface area contributed by atoms with Gasteiger partial charge in [0.1, 0.15) is 0 Å². The van der Waals surface area contributed by atoms with Crippen molar-refractivity contribution in [3.8, 4) is 0 Å². The molecule has 1 atom stereocenters. The monoisotopic (exact) mass is 201 g/mol. The van der Waals surface area contributed by atoms with Crippen LogP contribution in [0.5, 0.6) is 0 Å². The molecule has 1 fully saturated rings. The van der Waals surface area contributed by atoms with Gasteiger partial charge in [-0.2, -0.15) is 0 Å². The summed E-state index contributed by atoms with van der Waals surface area (Å²) in [5.41, 5.74) is 0. The van der Waals surface area contributed by atoms with Crippen LogP contribution in [0.25, 0.3) is 0 Å². The molecule has 14 heavy (non-hydrogen) atoms. The fourth-order valence-corrected chi connectivity index (χ4v) is 1.33. The quantitative estimate of drug-likeness (QED) is 0.572. The second-order valence-corrected chi connectivity index (χ2v) is 3.66. The summed E-state index contributed by atoms with van der Waals surface area (Å²) in [5.74, 6) is -1.03. The van der Waals surface area contributed by atoms with Gasteiger partial charge in [-0.1, -0.05) is 6.42 Å². The molecule has 0 saturated heterocycles. The summed E-state index contributed by atoms with van der Waals surface area (Å²) in [5, 5.41) is 19.6. The summed E-state index contributed by atoms with van der Waals surface area (Å²) >= 11 is 0. The highest BCUT2D eigenvalue weighted by molar-refractivity contribution is 5.78. The van der Waals surface area contributed by atoms with Gasteiger partial charge in [0.2, 0.25) is 5.91 Å². The number of nitrogens with one attached hydrogen (secondary N) is 1. The summed E-state index contributed by atoms with van der Waals surface area (Å²) in [6, 6.07) is 0. The zero-order valence-electron chi connectivity index (χ0n) is 7.90. The molecule has 0 aromatic heterocycles. The standard InChI is InChI=1S/C9H15NO4/c11-7(9(13)14)5-10-8(12)4-6-2-1-3-6/h6-7,11H,1-5H2,(H,10,12)(H,13,14)/t7-/m0/s1. The Bertz CT molecular complexity index is 225. The number of hydrogen-bond acceptors (Lipinski definition) is 3. The predicted molar refractivity (Wildman–Crippen MR) is 48.6 cm³/mol. The lowest BCUT2D eigenvalue weighted by Crippen LogP contribution is -2.37. The largest absolute Gasteiger partial charge is 0.479 e. The Kier molecular flexibility index (Phi) is 3.88. The first-order valence-electron chi connectivity index (χ1n) is 4.77. The molecule has 1 amide bonds. The van der Waals surface area contributed by atoms with Crippen LogP contribution < -0.4 is 5.32 Å². The van der Waals surface area contributed by atoms with Crippen molar-refractivity contribution >= 4 is 11.9 Å². The van der Waals surface area contributed by atoms with Crippen molar-refractivity contribution in [3.63, 3.8) is 0 Å². The molecule has 80 valence electrons. The van der Waals surface area contributed by atoms with Gasteiger partial charge in [-0.15, -0.1) is 0 Å². The second-order valence-electron chi connectivity index (χ2n) is 3.66. The number of carboxylic acid groups (broad SMARTS) is 1. The van der Waals surface area contributed by atoms with Crippen LogP contribution in [0.2, 0.25) is 0 Å². The van der Waals surface area contributed by atoms with E-state index in [9.17, 15) is 9.59 Å². The van der Waals surface area contributed by atoms with Crippen molar-refractivity contribution < 1.29 is 19.8 Å². The molecule has 0 aromatic rings. The van der Waals surface area contributed by atoms with E-state index in [0.29, 0.717) is 12.3 Å². The van der Waals surface area contributed by atoms with Crippen LogP contribution in [-0.4, -0.2) is 34.7 Å². The number of amides is 1. The average Bonchev–Trinajstić information content (AvgIpc) is 2.07. The SMILES string of the molecule is O=C(CC1CCC1)NC[C@H](O)C(=O)O. The number of aliphatic hydroxyl groups is 1. The maximum Gasteiger partial charge on any atom is 0.334 e. The van der Waals surface area contributed by atoms with Gasteiger partial charge in [0.25, 0.3) is 0 Å². The molecule has 0 radical (unpaired) electrons. The third kappa shape index (κ3) is 3.33. The van der Waals surface area contributed by atoms with Crippen molar-refractivity contribution in [2.24, 2.45) is 5.92 Å². The first kappa shape index (κ1) is 11.0. The molecule has 0 aliphatic heterocycles. The Hall–Kier alpha value is -1.10. The summed E-state index contributed by atoms with van der Waals surface area (Å²) in [7, 11) is 0. The molecule has 0 heterocycles. The van der Waals surface area contributed by atoms with Gasteiger partial charge in [0, 0.05) is 6.42 Å². The lowest BCUT2D eigenvalue weighted by Gasteiger charge is -2.24. The number of carbonyl (C=O) groups is 2. The van der Waals surface area contributed by atoms with E-state index >= 15 is 0 Å². The molecule has 5 nitrogen and oxygen atoms in total. The highest BCUT2D eigenvalue weighted by Crippen LogP contribution is 2.28. The van der Waals surface area contributed by atoms with E-state index in [0.717, 1.165) is 12.8 Å². The third-order valence-corrected chi connectivity index (χ3v) is 2.48. The molecule has 5 heteroatoms. The number of aliphatic hydroxyl groups excluding tert-OH is 1. The highest BCUT2D eigenvalue weighted by atomic mass is 16.4. The van der Waals surface area contributed by atoms with Gasteiger partial charge in [0.15, 0.2) is 6.10 Å². The first-order chi connectivity index (χ1) is 6.59. The Morgan fingerprint density at radius 2 is 2.07 bits per heavy atom. The van der Waals surface area contributed by atoms with Gasteiger partial charge < -0.3 is 15.5 Å². The molecule has 0 aromatic carbocycles. The van der Waals surface area contributed by atoms with Crippen LogP contribution in [0.3, 0.4) is 0 Å². The topological polar surface area (TPSA) is 86.6 Å². The van der Waals surface area contributed by atoms with Crippen molar-refractivity contribution in [2.45, 2.75) is 31.8 Å². The van der Waals surface area contributed by atoms with Crippen LogP contribution >= 0.6 is 0 Å². The van der Waals surface area contributed by atoms with E-state index in [2.05, 4.69) is 5.32 Å². The van der Waals surface area contributed by atoms with Crippen molar-refractivity contribution in [1.29, 1.82) is 0 Å². The van der Waals surface area contributed by atoms with Gasteiger partial charge in [-0.25, -0.2) is 4.79 Å². The molecule has 0 bridgehead atoms. The maximum absolute atomic E-state index is 11.2. The Balaban J connectivity index is 2.10. The minimum atomic E-state index is -1.50. The van der Waals surface area contributed by atoms with Crippen molar-refractivity contribution in [2.75, 3.05) is 6.54 Å². The summed E-state index contributed by atoms with van der Waals surface area (Å²) in [6.07, 6.45) is 2.28. The predicted octanol–water partition coefficient (Wildman–Crippen LogP) is -0.262. The van der Waals surface area contributed by atoms with Gasteiger partial charge in [-0.05, 0) is 18.8 Å². The number of hydrogen-bond donors (Lipinski definition) is 3. The van der Waals surface area contributed by atoms with E-state index in [1.165, 1.54) is 6.42 Å². The van der Waals surface area contributed by atoms with E-state index < -0.39 is 12.1 Å². The molecule has 1 rings (SSSR count). The molecular weight excluding hydrogens is 186 g/mol. The number of aliphatic carboxylic acids is 1. The van der Waals surface area contributed by atoms with Gasteiger partial charge in [0.05, 0.1) is 6.54 Å². The van der Waals surface area contributed by atoms with Crippen LogP contribution in [0.15, 0.2) is 0 Å². The Labute approximate surface area is 82.1 Å². The van der Waals surface area contributed by atoms with E-state index in [1.807, 2.05) is 0 Å². The molecule has 0 spiro atoms. The van der Waals surface area contributed by atoms with Crippen molar-refractivity contribution in [1.82, 2.24) is 5.32 Å². The molecule has 1 aliphatic rings. The molecular formula is C9H15NO4. The highest BCUT2D eigenvalue weighted by Gasteiger charge is 2.21. The normalized spacial score (nSPS) is 18.4. The average molecular weight is 201 g/mol. The lowest BCUT2D eigenvalue weighted by molar-refractivity contribution is -0.146. The van der Waals surface area contributed by atoms with E-state index in [4.69, 9.17) is 10.2 Å². The maximum atomic E-state index is 11.2. The van der Waals surface area contributed by atoms with Crippen molar-refractivity contribution in [3.05, 3.63) is 0 Å². The molecule has 0 unspecified atom stereocenters. The fourth-order valence-electron chi connectivity index (χ4n) is 1.33. The summed E-state index contributed by atoms with van der Waals surface area (Å²) < 4.78 is 0. The minimum Gasteiger partial charge on any atom is -0.479 e. The van der Waals surface area contributed by atoms with E-state index in [-0.39, 0.29) is 12.5 Å². The van der Waals surface area contributed by atoms with Crippen LogP contribution in [0.4, 0.5) is 0 Å². The van der Waals surface area contributed by atoms with E-state index in [1.54, 1.807) is 0 Å². The Morgan fingerprint density at radius 3 is 2.50 bits per heavy atom. The second kappa shape index (κ2) is 4.95.